The molecular weight excluding hydrogens is 232 g/mol. The summed E-state index contributed by atoms with van der Waals surface area (Å²) in [4.78, 5) is 8.78. The summed E-state index contributed by atoms with van der Waals surface area (Å²) in [5.74, 6) is 1.11. The Balaban J connectivity index is 1.81. The smallest absolute Gasteiger partial charge is 0.109 e. The average Bonchev–Trinajstić information content (AvgIpc) is 2.88. The van der Waals surface area contributed by atoms with Crippen LogP contribution in [0.1, 0.15) is 29.5 Å². The lowest BCUT2D eigenvalue weighted by Crippen LogP contribution is -2.22. The summed E-state index contributed by atoms with van der Waals surface area (Å²) in [5.41, 5.74) is 1.13. The zero-order chi connectivity index (χ0) is 12.3. The van der Waals surface area contributed by atoms with Crippen molar-refractivity contribution in [2.24, 2.45) is 7.05 Å². The van der Waals surface area contributed by atoms with Gasteiger partial charge in [0.15, 0.2) is 0 Å². The van der Waals surface area contributed by atoms with Crippen LogP contribution in [0.2, 0.25) is 0 Å². The number of rotatable bonds is 5. The predicted octanol–water partition coefficient (Wildman–Crippen LogP) is 2.08. The molecule has 0 aliphatic rings. The van der Waals surface area contributed by atoms with E-state index in [1.54, 1.807) is 11.3 Å². The first-order valence-corrected chi connectivity index (χ1v) is 6.66. The summed E-state index contributed by atoms with van der Waals surface area (Å²) in [7, 11) is 2.02. The van der Waals surface area contributed by atoms with E-state index in [-0.39, 0.29) is 0 Å². The number of aromatic nitrogens is 3. The summed E-state index contributed by atoms with van der Waals surface area (Å²) >= 11 is 1.70. The van der Waals surface area contributed by atoms with Crippen molar-refractivity contribution < 1.29 is 0 Å². The van der Waals surface area contributed by atoms with Gasteiger partial charge in [0.25, 0.3) is 0 Å². The fourth-order valence-corrected chi connectivity index (χ4v) is 2.43. The number of imidazole rings is 1. The number of thiazole rings is 1. The Kier molecular flexibility index (Phi) is 3.91. The predicted molar refractivity (Wildman–Crippen MR) is 70.2 cm³/mol. The van der Waals surface area contributed by atoms with Gasteiger partial charge in [0.1, 0.15) is 5.82 Å². The van der Waals surface area contributed by atoms with E-state index < -0.39 is 0 Å². The van der Waals surface area contributed by atoms with E-state index >= 15 is 0 Å². The quantitative estimate of drug-likeness (QED) is 0.883. The lowest BCUT2D eigenvalue weighted by atomic mass is 10.2. The molecule has 0 aliphatic heterocycles. The Morgan fingerprint density at radius 2 is 2.35 bits per heavy atom. The van der Waals surface area contributed by atoms with E-state index in [1.807, 2.05) is 26.4 Å². The maximum absolute atomic E-state index is 4.48. The van der Waals surface area contributed by atoms with E-state index in [4.69, 9.17) is 0 Å². The highest BCUT2D eigenvalue weighted by Crippen LogP contribution is 2.15. The topological polar surface area (TPSA) is 42.7 Å². The highest BCUT2D eigenvalue weighted by molar-refractivity contribution is 7.09. The molecule has 1 N–H and O–H groups in total. The molecule has 2 heterocycles. The fraction of sp³-hybridized carbons (Fsp3) is 0.500. The Labute approximate surface area is 106 Å². The third-order valence-electron chi connectivity index (χ3n) is 2.80. The van der Waals surface area contributed by atoms with Gasteiger partial charge in [-0.3, -0.25) is 0 Å². The van der Waals surface area contributed by atoms with Crippen LogP contribution in [0.3, 0.4) is 0 Å². The van der Waals surface area contributed by atoms with Gasteiger partial charge >= 0.3 is 0 Å². The molecule has 0 spiro atoms. The molecule has 92 valence electrons. The van der Waals surface area contributed by atoms with Crippen LogP contribution in [0.25, 0.3) is 0 Å². The van der Waals surface area contributed by atoms with Gasteiger partial charge in [-0.1, -0.05) is 0 Å². The minimum atomic E-state index is 0.306. The third kappa shape index (κ3) is 3.14. The molecule has 1 atom stereocenters. The maximum atomic E-state index is 4.48. The van der Waals surface area contributed by atoms with Crippen molar-refractivity contribution in [1.29, 1.82) is 0 Å². The van der Waals surface area contributed by atoms with Crippen LogP contribution in [-0.4, -0.2) is 21.1 Å². The number of hydrogen-bond acceptors (Lipinski definition) is 4. The Hall–Kier alpha value is -1.20. The molecule has 2 aromatic heterocycles. The summed E-state index contributed by atoms with van der Waals surface area (Å²) in [6.45, 7) is 5.10. The van der Waals surface area contributed by atoms with Gasteiger partial charge in [-0.2, -0.15) is 0 Å². The maximum Gasteiger partial charge on any atom is 0.109 e. The standard InChI is InChI=1S/C12H18N4S/c1-9(11-8-17-10(2)15-11)13-5-4-12-14-6-7-16(12)3/h6-9,13H,4-5H2,1-3H3. The molecule has 2 rings (SSSR count). The molecule has 0 saturated heterocycles. The molecule has 4 nitrogen and oxygen atoms in total. The van der Waals surface area contributed by atoms with Crippen LogP contribution in [0.15, 0.2) is 17.8 Å². The summed E-state index contributed by atoms with van der Waals surface area (Å²) in [5, 5.41) is 6.71. The number of nitrogens with one attached hydrogen (secondary N) is 1. The van der Waals surface area contributed by atoms with Crippen LogP contribution in [0.5, 0.6) is 0 Å². The van der Waals surface area contributed by atoms with Crippen LogP contribution in [0, 0.1) is 6.92 Å². The van der Waals surface area contributed by atoms with Gasteiger partial charge in [-0.05, 0) is 13.8 Å². The van der Waals surface area contributed by atoms with Crippen molar-refractivity contribution in [3.8, 4) is 0 Å². The lowest BCUT2D eigenvalue weighted by Gasteiger charge is -2.11. The zero-order valence-electron chi connectivity index (χ0n) is 10.5. The third-order valence-corrected chi connectivity index (χ3v) is 3.59. The Bertz CT molecular complexity index is 474. The molecule has 0 bridgehead atoms. The van der Waals surface area contributed by atoms with Crippen LogP contribution < -0.4 is 5.32 Å². The molecule has 5 heteroatoms. The van der Waals surface area contributed by atoms with E-state index in [0.29, 0.717) is 6.04 Å². The van der Waals surface area contributed by atoms with Crippen LogP contribution in [-0.2, 0) is 13.5 Å². The molecule has 2 aromatic rings. The highest BCUT2D eigenvalue weighted by atomic mass is 32.1. The number of aryl methyl sites for hydroxylation is 2. The Morgan fingerprint density at radius 1 is 1.53 bits per heavy atom. The molecule has 0 fully saturated rings. The van der Waals surface area contributed by atoms with Gasteiger partial charge in [0.2, 0.25) is 0 Å². The Morgan fingerprint density at radius 3 is 2.94 bits per heavy atom. The zero-order valence-corrected chi connectivity index (χ0v) is 11.3. The van der Waals surface area contributed by atoms with Gasteiger partial charge in [0.05, 0.1) is 10.7 Å². The second kappa shape index (κ2) is 5.42. The molecule has 0 saturated carbocycles. The summed E-state index contributed by atoms with van der Waals surface area (Å²) in [6, 6.07) is 0.306. The normalized spacial score (nSPS) is 12.9. The van der Waals surface area contributed by atoms with Crippen molar-refractivity contribution in [3.05, 3.63) is 34.3 Å². The molecule has 17 heavy (non-hydrogen) atoms. The van der Waals surface area contributed by atoms with Gasteiger partial charge in [0, 0.05) is 43.8 Å². The van der Waals surface area contributed by atoms with E-state index in [0.717, 1.165) is 29.5 Å². The highest BCUT2D eigenvalue weighted by Gasteiger charge is 2.08. The largest absolute Gasteiger partial charge is 0.338 e. The van der Waals surface area contributed by atoms with Crippen molar-refractivity contribution in [3.63, 3.8) is 0 Å². The van der Waals surface area contributed by atoms with Gasteiger partial charge < -0.3 is 9.88 Å². The number of nitrogens with zero attached hydrogens (tertiary/aromatic N) is 3. The lowest BCUT2D eigenvalue weighted by molar-refractivity contribution is 0.555. The van der Waals surface area contributed by atoms with Gasteiger partial charge in [-0.25, -0.2) is 9.97 Å². The molecule has 0 amide bonds. The molecule has 0 aliphatic carbocycles. The summed E-state index contributed by atoms with van der Waals surface area (Å²) in [6.07, 6.45) is 4.75. The molecular formula is C12H18N4S. The van der Waals surface area contributed by atoms with E-state index in [9.17, 15) is 0 Å². The minimum Gasteiger partial charge on any atom is -0.338 e. The number of hydrogen-bond donors (Lipinski definition) is 1. The first-order chi connectivity index (χ1) is 8.16. The molecule has 0 radical (unpaired) electrons. The average molecular weight is 250 g/mol. The SMILES string of the molecule is Cc1nc(C(C)NCCc2nccn2C)cs1. The summed E-state index contributed by atoms with van der Waals surface area (Å²) < 4.78 is 2.05. The minimum absolute atomic E-state index is 0.306. The molecule has 0 aromatic carbocycles. The van der Waals surface area contributed by atoms with Crippen molar-refractivity contribution in [2.75, 3.05) is 6.54 Å². The second-order valence-electron chi connectivity index (χ2n) is 4.17. The first kappa shape index (κ1) is 12.3. The van der Waals surface area contributed by atoms with Gasteiger partial charge in [-0.15, -0.1) is 11.3 Å². The van der Waals surface area contributed by atoms with Crippen molar-refractivity contribution >= 4 is 11.3 Å². The van der Waals surface area contributed by atoms with E-state index in [1.165, 1.54) is 0 Å². The molecule has 1 unspecified atom stereocenters. The second-order valence-corrected chi connectivity index (χ2v) is 5.23. The monoisotopic (exact) mass is 250 g/mol. The van der Waals surface area contributed by atoms with Crippen molar-refractivity contribution in [1.82, 2.24) is 19.9 Å². The van der Waals surface area contributed by atoms with E-state index in [2.05, 4.69) is 32.2 Å². The fourth-order valence-electron chi connectivity index (χ4n) is 1.72. The van der Waals surface area contributed by atoms with Crippen LogP contribution >= 0.6 is 11.3 Å². The van der Waals surface area contributed by atoms with Crippen LogP contribution in [0.4, 0.5) is 0 Å². The van der Waals surface area contributed by atoms with Crippen molar-refractivity contribution in [2.45, 2.75) is 26.3 Å². The first-order valence-electron chi connectivity index (χ1n) is 5.78.